The van der Waals surface area contributed by atoms with E-state index in [1.165, 1.54) is 0 Å². The summed E-state index contributed by atoms with van der Waals surface area (Å²) in [5, 5.41) is 13.5. The predicted octanol–water partition coefficient (Wildman–Crippen LogP) is 1.06. The summed E-state index contributed by atoms with van der Waals surface area (Å²) in [4.78, 5) is 33.9. The van der Waals surface area contributed by atoms with E-state index >= 15 is 0 Å². The molecule has 1 heterocycles. The fourth-order valence-corrected chi connectivity index (χ4v) is 2.37. The Morgan fingerprint density at radius 1 is 1.48 bits per heavy atom. The van der Waals surface area contributed by atoms with Crippen molar-refractivity contribution in [1.82, 2.24) is 9.88 Å². The second kappa shape index (κ2) is 8.64. The Balaban J connectivity index is 0.00000484. The Bertz CT molecular complexity index is 617. The molecule has 1 atom stereocenters. The number of nitrogens with zero attached hydrogens (tertiary/aromatic N) is 2. The third-order valence-electron chi connectivity index (χ3n) is 3.24. The van der Waals surface area contributed by atoms with E-state index in [0.29, 0.717) is 12.3 Å². The van der Waals surface area contributed by atoms with Gasteiger partial charge in [-0.1, -0.05) is 13.8 Å². The first-order chi connectivity index (χ1) is 10.2. The summed E-state index contributed by atoms with van der Waals surface area (Å²) in [6, 6.07) is 2.18. The molecule has 0 aliphatic heterocycles. The number of halogens is 1. The largest absolute Gasteiger partial charge is 0.348 e. The summed E-state index contributed by atoms with van der Waals surface area (Å²) in [6.45, 7) is 5.85. The van der Waals surface area contributed by atoms with Gasteiger partial charge in [0.2, 0.25) is 5.91 Å². The van der Waals surface area contributed by atoms with Crippen molar-refractivity contribution < 1.29 is 9.72 Å². The molecule has 130 valence electrons. The van der Waals surface area contributed by atoms with Crippen molar-refractivity contribution in [3.63, 3.8) is 0 Å². The number of nitro groups is 1. The molecule has 1 unspecified atom stereocenters. The maximum absolute atomic E-state index is 12.1. The van der Waals surface area contributed by atoms with Crippen molar-refractivity contribution >= 4 is 24.0 Å². The van der Waals surface area contributed by atoms with Gasteiger partial charge >= 0.3 is 0 Å². The lowest BCUT2D eigenvalue weighted by Crippen LogP contribution is -2.53. The smallest absolute Gasteiger partial charge is 0.285 e. The molecule has 0 spiro atoms. The first kappa shape index (κ1) is 21.1. The lowest BCUT2D eigenvalue weighted by atomic mass is 9.91. The van der Waals surface area contributed by atoms with Gasteiger partial charge in [0.15, 0.2) is 0 Å². The van der Waals surface area contributed by atoms with Crippen LogP contribution in [0.4, 0.5) is 5.69 Å². The van der Waals surface area contributed by atoms with Crippen molar-refractivity contribution in [1.29, 1.82) is 0 Å². The molecule has 1 aromatic rings. The standard InChI is InChI=1S/C14H22N4O4.ClH/c1-10(2)6-14(3,9-15)16-12(19)8-17-7-11(18(21)22)4-5-13(17)20;/h4-5,7,10H,6,8-9,15H2,1-3H3,(H,16,19);1H. The summed E-state index contributed by atoms with van der Waals surface area (Å²) in [5.74, 6) is -0.0643. The lowest BCUT2D eigenvalue weighted by Gasteiger charge is -2.31. The number of aromatic nitrogens is 1. The molecule has 3 N–H and O–H groups in total. The van der Waals surface area contributed by atoms with Crippen LogP contribution in [0.1, 0.15) is 27.2 Å². The first-order valence-electron chi connectivity index (χ1n) is 7.03. The van der Waals surface area contributed by atoms with Gasteiger partial charge in [0.25, 0.3) is 11.2 Å². The summed E-state index contributed by atoms with van der Waals surface area (Å²) in [6.07, 6.45) is 1.75. The monoisotopic (exact) mass is 346 g/mol. The molecule has 0 aromatic carbocycles. The summed E-state index contributed by atoms with van der Waals surface area (Å²) < 4.78 is 1.01. The van der Waals surface area contributed by atoms with E-state index in [4.69, 9.17) is 5.73 Å². The van der Waals surface area contributed by atoms with Crippen molar-refractivity contribution in [2.24, 2.45) is 11.7 Å². The Morgan fingerprint density at radius 2 is 2.09 bits per heavy atom. The van der Waals surface area contributed by atoms with Crippen LogP contribution in [0.5, 0.6) is 0 Å². The van der Waals surface area contributed by atoms with Crippen LogP contribution in [0.2, 0.25) is 0 Å². The molecule has 0 aliphatic carbocycles. The lowest BCUT2D eigenvalue weighted by molar-refractivity contribution is -0.385. The van der Waals surface area contributed by atoms with E-state index in [1.807, 2.05) is 20.8 Å². The number of pyridine rings is 1. The third-order valence-corrected chi connectivity index (χ3v) is 3.24. The van der Waals surface area contributed by atoms with Crippen LogP contribution < -0.4 is 16.6 Å². The molecular weight excluding hydrogens is 324 g/mol. The molecule has 0 bridgehead atoms. The molecule has 0 radical (unpaired) electrons. The summed E-state index contributed by atoms with van der Waals surface area (Å²) in [7, 11) is 0. The maximum atomic E-state index is 12.1. The van der Waals surface area contributed by atoms with Crippen LogP contribution in [-0.4, -0.2) is 27.5 Å². The third kappa shape index (κ3) is 6.37. The Morgan fingerprint density at radius 3 is 2.57 bits per heavy atom. The topological polar surface area (TPSA) is 120 Å². The molecule has 23 heavy (non-hydrogen) atoms. The number of carbonyl (C=O) groups excluding carboxylic acids is 1. The van der Waals surface area contributed by atoms with Crippen LogP contribution in [0, 0.1) is 16.0 Å². The second-order valence-corrected chi connectivity index (χ2v) is 6.02. The fourth-order valence-electron chi connectivity index (χ4n) is 2.37. The minimum atomic E-state index is -0.614. The van der Waals surface area contributed by atoms with Crippen molar-refractivity contribution in [3.8, 4) is 0 Å². The van der Waals surface area contributed by atoms with Crippen LogP contribution in [0.3, 0.4) is 0 Å². The van der Waals surface area contributed by atoms with Crippen molar-refractivity contribution in [3.05, 3.63) is 38.8 Å². The highest BCUT2D eigenvalue weighted by Crippen LogP contribution is 2.15. The quantitative estimate of drug-likeness (QED) is 0.565. The zero-order valence-electron chi connectivity index (χ0n) is 13.4. The SMILES string of the molecule is CC(C)CC(C)(CN)NC(=O)Cn1cc([N+](=O)[O-])ccc1=O.Cl. The molecule has 0 saturated heterocycles. The zero-order chi connectivity index (χ0) is 16.9. The van der Waals surface area contributed by atoms with Crippen LogP contribution >= 0.6 is 12.4 Å². The number of rotatable bonds is 7. The number of nitrogens with one attached hydrogen (secondary N) is 1. The maximum Gasteiger partial charge on any atom is 0.285 e. The van der Waals surface area contributed by atoms with Crippen LogP contribution in [0.15, 0.2) is 23.1 Å². The Hall–Kier alpha value is -1.93. The van der Waals surface area contributed by atoms with Gasteiger partial charge in [-0.3, -0.25) is 24.3 Å². The number of amides is 1. The minimum absolute atomic E-state index is 0. The van der Waals surface area contributed by atoms with E-state index in [1.54, 1.807) is 0 Å². The molecule has 1 amide bonds. The number of carbonyl (C=O) groups is 1. The van der Waals surface area contributed by atoms with Gasteiger partial charge in [-0.25, -0.2) is 0 Å². The molecule has 8 nitrogen and oxygen atoms in total. The molecular formula is C14H23ClN4O4. The Kier molecular flexibility index (Phi) is 7.91. The summed E-state index contributed by atoms with van der Waals surface area (Å²) >= 11 is 0. The van der Waals surface area contributed by atoms with E-state index in [-0.39, 0.29) is 31.2 Å². The Labute approximate surface area is 140 Å². The molecule has 1 rings (SSSR count). The molecule has 9 heteroatoms. The summed E-state index contributed by atoms with van der Waals surface area (Å²) in [5.41, 5.74) is 4.43. The highest BCUT2D eigenvalue weighted by Gasteiger charge is 2.26. The number of nitrogens with two attached hydrogens (primary N) is 1. The molecule has 0 saturated carbocycles. The van der Waals surface area contributed by atoms with E-state index in [2.05, 4.69) is 5.32 Å². The van der Waals surface area contributed by atoms with Gasteiger partial charge in [-0.15, -0.1) is 12.4 Å². The average Bonchev–Trinajstić information content (AvgIpc) is 2.39. The number of hydrogen-bond acceptors (Lipinski definition) is 5. The minimum Gasteiger partial charge on any atom is -0.348 e. The van der Waals surface area contributed by atoms with Gasteiger partial charge < -0.3 is 11.1 Å². The predicted molar refractivity (Wildman–Crippen MR) is 89.7 cm³/mol. The molecule has 0 fully saturated rings. The van der Waals surface area contributed by atoms with Gasteiger partial charge in [0.1, 0.15) is 6.54 Å². The van der Waals surface area contributed by atoms with Crippen LogP contribution in [0.25, 0.3) is 0 Å². The highest BCUT2D eigenvalue weighted by atomic mass is 35.5. The second-order valence-electron chi connectivity index (χ2n) is 6.02. The van der Waals surface area contributed by atoms with Gasteiger partial charge in [-0.2, -0.15) is 0 Å². The fraction of sp³-hybridized carbons (Fsp3) is 0.571. The zero-order valence-corrected chi connectivity index (χ0v) is 14.3. The first-order valence-corrected chi connectivity index (χ1v) is 7.03. The highest BCUT2D eigenvalue weighted by molar-refractivity contribution is 5.85. The van der Waals surface area contributed by atoms with Crippen molar-refractivity contribution in [2.75, 3.05) is 6.54 Å². The van der Waals surface area contributed by atoms with E-state index < -0.39 is 21.9 Å². The van der Waals surface area contributed by atoms with E-state index in [9.17, 15) is 19.7 Å². The molecule has 0 aliphatic rings. The van der Waals surface area contributed by atoms with Gasteiger partial charge in [0.05, 0.1) is 11.1 Å². The van der Waals surface area contributed by atoms with Gasteiger partial charge in [0, 0.05) is 24.2 Å². The number of hydrogen-bond donors (Lipinski definition) is 2. The van der Waals surface area contributed by atoms with Crippen LogP contribution in [-0.2, 0) is 11.3 Å². The van der Waals surface area contributed by atoms with Gasteiger partial charge in [-0.05, 0) is 19.3 Å². The molecule has 1 aromatic heterocycles. The normalized spacial score (nSPS) is 13.1. The average molecular weight is 347 g/mol. The van der Waals surface area contributed by atoms with Crippen molar-refractivity contribution in [2.45, 2.75) is 39.3 Å². The van der Waals surface area contributed by atoms with E-state index in [0.717, 1.165) is 22.9 Å².